The number of hydrogen-bond acceptors (Lipinski definition) is 7. The van der Waals surface area contributed by atoms with Gasteiger partial charge in [-0.3, -0.25) is 9.59 Å². The van der Waals surface area contributed by atoms with Crippen LogP contribution in [0.15, 0.2) is 5.16 Å². The standard InChI is InChI=1S/C19H20N4O2S2/c1-10-14(8-20)18(27-17(10)12(3)24)23-16(25)9-26-19-21-11(2)13-6-4-5-7-15(13)22-19/h4-7,9H2,1-3H3,(H,23,25). The minimum atomic E-state index is -0.244. The molecule has 0 bridgehead atoms. The summed E-state index contributed by atoms with van der Waals surface area (Å²) in [5, 5.41) is 13.1. The van der Waals surface area contributed by atoms with Gasteiger partial charge >= 0.3 is 0 Å². The van der Waals surface area contributed by atoms with E-state index in [0.29, 0.717) is 26.2 Å². The van der Waals surface area contributed by atoms with Gasteiger partial charge in [0.25, 0.3) is 0 Å². The zero-order valence-electron chi connectivity index (χ0n) is 15.5. The Labute approximate surface area is 166 Å². The number of anilines is 1. The maximum absolute atomic E-state index is 12.3. The van der Waals surface area contributed by atoms with E-state index in [1.54, 1.807) is 6.92 Å². The van der Waals surface area contributed by atoms with Gasteiger partial charge in [0.15, 0.2) is 10.9 Å². The van der Waals surface area contributed by atoms with E-state index in [2.05, 4.69) is 21.4 Å². The van der Waals surface area contributed by atoms with Gasteiger partial charge in [-0.25, -0.2) is 9.97 Å². The Kier molecular flexibility index (Phi) is 5.92. The number of rotatable bonds is 5. The largest absolute Gasteiger partial charge is 0.316 e. The third-order valence-electron chi connectivity index (χ3n) is 4.53. The van der Waals surface area contributed by atoms with Crippen molar-refractivity contribution >= 4 is 39.8 Å². The number of nitrogens with one attached hydrogen (secondary N) is 1. The van der Waals surface area contributed by atoms with Crippen molar-refractivity contribution in [3.63, 3.8) is 0 Å². The lowest BCUT2D eigenvalue weighted by Gasteiger charge is -2.17. The Bertz CT molecular complexity index is 960. The molecule has 1 amide bonds. The molecule has 2 aromatic rings. The summed E-state index contributed by atoms with van der Waals surface area (Å²) in [4.78, 5) is 33.6. The molecule has 1 aliphatic rings. The molecule has 0 spiro atoms. The quantitative estimate of drug-likeness (QED) is 0.465. The van der Waals surface area contributed by atoms with Crippen molar-refractivity contribution < 1.29 is 9.59 Å². The third kappa shape index (κ3) is 4.20. The van der Waals surface area contributed by atoms with E-state index in [9.17, 15) is 14.9 Å². The molecule has 2 heterocycles. The molecule has 0 fully saturated rings. The number of carbonyl (C=O) groups is 2. The average Bonchev–Trinajstić information content (AvgIpc) is 2.95. The minimum absolute atomic E-state index is 0.109. The van der Waals surface area contributed by atoms with Crippen LogP contribution in [0.2, 0.25) is 0 Å². The van der Waals surface area contributed by atoms with Crippen LogP contribution < -0.4 is 5.32 Å². The summed E-state index contributed by atoms with van der Waals surface area (Å²) >= 11 is 2.43. The van der Waals surface area contributed by atoms with Gasteiger partial charge in [-0.1, -0.05) is 11.8 Å². The number of Topliss-reactive ketones (excluding diaryl/α,β-unsaturated/α-hetero) is 1. The number of aryl methyl sites for hydroxylation is 2. The Hall–Kier alpha value is -2.24. The lowest BCUT2D eigenvalue weighted by atomic mass is 9.95. The number of thiophene rings is 1. The molecule has 27 heavy (non-hydrogen) atoms. The summed E-state index contributed by atoms with van der Waals surface area (Å²) in [6.07, 6.45) is 4.31. The second-order valence-electron chi connectivity index (χ2n) is 6.49. The van der Waals surface area contributed by atoms with Crippen LogP contribution in [0.25, 0.3) is 0 Å². The molecule has 140 valence electrons. The summed E-state index contributed by atoms with van der Waals surface area (Å²) in [7, 11) is 0. The third-order valence-corrected chi connectivity index (χ3v) is 6.69. The van der Waals surface area contributed by atoms with E-state index < -0.39 is 0 Å². The fourth-order valence-electron chi connectivity index (χ4n) is 3.18. The fourth-order valence-corrected chi connectivity index (χ4v) is 4.96. The van der Waals surface area contributed by atoms with Gasteiger partial charge < -0.3 is 5.32 Å². The molecule has 0 aromatic carbocycles. The second-order valence-corrected chi connectivity index (χ2v) is 8.45. The molecule has 3 rings (SSSR count). The maximum atomic E-state index is 12.3. The molecular formula is C19H20N4O2S2. The summed E-state index contributed by atoms with van der Waals surface area (Å²) in [5.41, 5.74) is 4.31. The lowest BCUT2D eigenvalue weighted by Crippen LogP contribution is -2.15. The van der Waals surface area contributed by atoms with Gasteiger partial charge in [0.2, 0.25) is 5.91 Å². The van der Waals surface area contributed by atoms with Crippen molar-refractivity contribution in [2.75, 3.05) is 11.1 Å². The number of amides is 1. The highest BCUT2D eigenvalue weighted by Crippen LogP contribution is 2.33. The van der Waals surface area contributed by atoms with Crippen molar-refractivity contribution in [2.45, 2.75) is 51.6 Å². The summed E-state index contributed by atoms with van der Waals surface area (Å²) in [6, 6.07) is 2.07. The summed E-state index contributed by atoms with van der Waals surface area (Å²) < 4.78 is 0. The molecule has 1 N–H and O–H groups in total. The van der Waals surface area contributed by atoms with Gasteiger partial charge in [0.1, 0.15) is 11.1 Å². The normalized spacial score (nSPS) is 13.0. The highest BCUT2D eigenvalue weighted by Gasteiger charge is 2.20. The van der Waals surface area contributed by atoms with Crippen molar-refractivity contribution in [1.29, 1.82) is 5.26 Å². The topological polar surface area (TPSA) is 95.7 Å². The molecule has 0 saturated carbocycles. The first-order chi connectivity index (χ1) is 12.9. The highest BCUT2D eigenvalue weighted by atomic mass is 32.2. The Morgan fingerprint density at radius 1 is 1.26 bits per heavy atom. The van der Waals surface area contributed by atoms with Crippen LogP contribution in [-0.2, 0) is 17.6 Å². The molecule has 6 nitrogen and oxygen atoms in total. The zero-order valence-corrected chi connectivity index (χ0v) is 17.1. The van der Waals surface area contributed by atoms with Crippen LogP contribution in [0.5, 0.6) is 0 Å². The number of carbonyl (C=O) groups excluding carboxylic acids is 2. The Balaban J connectivity index is 1.69. The average molecular weight is 401 g/mol. The lowest BCUT2D eigenvalue weighted by molar-refractivity contribution is -0.113. The first kappa shape index (κ1) is 19.5. The monoisotopic (exact) mass is 400 g/mol. The van der Waals surface area contributed by atoms with E-state index in [-0.39, 0.29) is 17.4 Å². The molecule has 8 heteroatoms. The predicted octanol–water partition coefficient (Wildman–Crippen LogP) is 3.84. The van der Waals surface area contributed by atoms with Crippen LogP contribution in [0, 0.1) is 25.2 Å². The molecule has 1 aliphatic carbocycles. The molecule has 0 atom stereocenters. The van der Waals surface area contributed by atoms with Crippen molar-refractivity contribution in [2.24, 2.45) is 0 Å². The van der Waals surface area contributed by atoms with Crippen molar-refractivity contribution in [3.05, 3.63) is 33.0 Å². The van der Waals surface area contributed by atoms with Gasteiger partial charge in [0, 0.05) is 11.4 Å². The number of hydrogen-bond donors (Lipinski definition) is 1. The number of ketones is 1. The Morgan fingerprint density at radius 2 is 2.00 bits per heavy atom. The summed E-state index contributed by atoms with van der Waals surface area (Å²) in [5.74, 6) is -0.205. The van der Waals surface area contributed by atoms with Crippen LogP contribution in [-0.4, -0.2) is 27.4 Å². The number of fused-ring (bicyclic) bond motifs is 1. The molecule has 0 radical (unpaired) electrons. The molecule has 0 aliphatic heterocycles. The highest BCUT2D eigenvalue weighted by molar-refractivity contribution is 7.99. The first-order valence-electron chi connectivity index (χ1n) is 8.74. The predicted molar refractivity (Wildman–Crippen MR) is 107 cm³/mol. The van der Waals surface area contributed by atoms with Crippen molar-refractivity contribution in [3.8, 4) is 6.07 Å². The van der Waals surface area contributed by atoms with E-state index >= 15 is 0 Å². The van der Waals surface area contributed by atoms with Crippen LogP contribution in [0.4, 0.5) is 5.00 Å². The molecule has 0 saturated heterocycles. The van der Waals surface area contributed by atoms with Gasteiger partial charge in [-0.05, 0) is 57.6 Å². The van der Waals surface area contributed by atoms with E-state index in [4.69, 9.17) is 0 Å². The van der Waals surface area contributed by atoms with E-state index in [1.165, 1.54) is 30.7 Å². The number of nitriles is 1. The SMILES string of the molecule is CC(=O)c1sc(NC(=O)CSc2nc(C)c3c(n2)CCCC3)c(C#N)c1C. The minimum Gasteiger partial charge on any atom is -0.316 e. The fraction of sp³-hybridized carbons (Fsp3) is 0.421. The molecule has 0 unspecified atom stereocenters. The van der Waals surface area contributed by atoms with E-state index in [0.717, 1.165) is 42.0 Å². The smallest absolute Gasteiger partial charge is 0.235 e. The first-order valence-corrected chi connectivity index (χ1v) is 10.5. The molecule has 2 aromatic heterocycles. The van der Waals surface area contributed by atoms with Crippen LogP contribution in [0.1, 0.15) is 57.5 Å². The van der Waals surface area contributed by atoms with E-state index in [1.807, 2.05) is 6.92 Å². The Morgan fingerprint density at radius 3 is 2.70 bits per heavy atom. The number of nitrogens with zero attached hydrogens (tertiary/aromatic N) is 3. The van der Waals surface area contributed by atoms with Gasteiger partial charge in [0.05, 0.1) is 16.2 Å². The van der Waals surface area contributed by atoms with Crippen LogP contribution in [0.3, 0.4) is 0 Å². The van der Waals surface area contributed by atoms with Crippen LogP contribution >= 0.6 is 23.1 Å². The van der Waals surface area contributed by atoms with Gasteiger partial charge in [-0.15, -0.1) is 11.3 Å². The van der Waals surface area contributed by atoms with Gasteiger partial charge in [-0.2, -0.15) is 5.26 Å². The van der Waals surface area contributed by atoms with Crippen molar-refractivity contribution in [1.82, 2.24) is 9.97 Å². The number of aromatic nitrogens is 2. The maximum Gasteiger partial charge on any atom is 0.235 e. The molecular weight excluding hydrogens is 380 g/mol. The zero-order chi connectivity index (χ0) is 19.6. The summed E-state index contributed by atoms with van der Waals surface area (Å²) in [6.45, 7) is 5.17. The number of thioether (sulfide) groups is 1. The second kappa shape index (κ2) is 8.19.